The Labute approximate surface area is 169 Å². The predicted octanol–water partition coefficient (Wildman–Crippen LogP) is 1.96. The van der Waals surface area contributed by atoms with Gasteiger partial charge in [0.2, 0.25) is 0 Å². The molecule has 2 aromatic heterocycles. The third-order valence-corrected chi connectivity index (χ3v) is 6.26. The van der Waals surface area contributed by atoms with E-state index in [9.17, 15) is 4.79 Å². The Kier molecular flexibility index (Phi) is 4.79. The summed E-state index contributed by atoms with van der Waals surface area (Å²) in [6.45, 7) is 4.69. The number of fused-ring (bicyclic) bond motifs is 1. The van der Waals surface area contributed by atoms with Gasteiger partial charge in [-0.2, -0.15) is 15.0 Å². The maximum Gasteiger partial charge on any atom is 0.261 e. The average Bonchev–Trinajstić information content (AvgIpc) is 3.41. The lowest BCUT2D eigenvalue weighted by atomic mass is 10.1. The van der Waals surface area contributed by atoms with E-state index < -0.39 is 0 Å². The summed E-state index contributed by atoms with van der Waals surface area (Å²) in [5, 5.41) is 9.24. The van der Waals surface area contributed by atoms with Crippen molar-refractivity contribution in [3.63, 3.8) is 0 Å². The first-order valence-electron chi connectivity index (χ1n) is 10.5. The van der Waals surface area contributed by atoms with Gasteiger partial charge in [-0.15, -0.1) is 0 Å². The third kappa shape index (κ3) is 3.64. The topological polar surface area (TPSA) is 72.1 Å². The molecule has 0 radical (unpaired) electrons. The number of hydrogen-bond acceptors (Lipinski definition) is 6. The van der Waals surface area contributed by atoms with Crippen molar-refractivity contribution in [1.82, 2.24) is 29.4 Å². The van der Waals surface area contributed by atoms with Gasteiger partial charge < -0.3 is 4.90 Å². The fourth-order valence-corrected chi connectivity index (χ4v) is 4.62. The highest BCUT2D eigenvalue weighted by Gasteiger charge is 2.21. The lowest BCUT2D eigenvalue weighted by Crippen LogP contribution is -2.46. The molecule has 1 saturated carbocycles. The highest BCUT2D eigenvalue weighted by Crippen LogP contribution is 2.28. The van der Waals surface area contributed by atoms with Crippen LogP contribution in [-0.4, -0.2) is 55.6 Å². The van der Waals surface area contributed by atoms with Crippen LogP contribution in [0.5, 0.6) is 0 Å². The van der Waals surface area contributed by atoms with Crippen molar-refractivity contribution in [1.29, 1.82) is 0 Å². The van der Waals surface area contributed by atoms with Crippen LogP contribution in [0.25, 0.3) is 10.9 Å². The third-order valence-electron chi connectivity index (χ3n) is 6.26. The van der Waals surface area contributed by atoms with E-state index in [1.165, 1.54) is 12.8 Å². The quantitative estimate of drug-likeness (QED) is 0.675. The van der Waals surface area contributed by atoms with Gasteiger partial charge in [0.25, 0.3) is 5.56 Å². The fourth-order valence-electron chi connectivity index (χ4n) is 4.62. The average molecular weight is 393 g/mol. The molecule has 0 spiro atoms. The van der Waals surface area contributed by atoms with Crippen LogP contribution in [0, 0.1) is 0 Å². The Balaban J connectivity index is 1.29. The zero-order valence-corrected chi connectivity index (χ0v) is 16.9. The fraction of sp³-hybridized carbons (Fsp3) is 0.524. The first kappa shape index (κ1) is 18.3. The minimum Gasteiger partial charge on any atom is -0.369 e. The summed E-state index contributed by atoms with van der Waals surface area (Å²) < 4.78 is 1.85. The summed E-state index contributed by atoms with van der Waals surface area (Å²) in [5.74, 6) is 0. The molecule has 0 bridgehead atoms. The molecule has 1 aliphatic heterocycles. The van der Waals surface area contributed by atoms with Gasteiger partial charge in [0.1, 0.15) is 0 Å². The molecule has 8 nitrogen and oxygen atoms in total. The number of hydrogen-bond donors (Lipinski definition) is 0. The lowest BCUT2D eigenvalue weighted by Gasteiger charge is -2.35. The normalized spacial score (nSPS) is 18.7. The number of anilines is 1. The second-order valence-corrected chi connectivity index (χ2v) is 8.19. The largest absolute Gasteiger partial charge is 0.369 e. The van der Waals surface area contributed by atoms with Crippen LogP contribution >= 0.6 is 0 Å². The molecular weight excluding hydrogens is 366 g/mol. The van der Waals surface area contributed by atoms with Crippen LogP contribution in [0.3, 0.4) is 0 Å². The molecule has 0 amide bonds. The molecule has 0 N–H and O–H groups in total. The standard InChI is InChI=1S/C21H27N7O/c1-25-23-13-16(24-25)14-26-8-10-27(11-9-26)18-6-7-19-20(12-18)22-15-28(21(19)29)17-4-2-3-5-17/h6-7,12-13,15,17H,2-5,8-11,14H2,1H3. The van der Waals surface area contributed by atoms with Gasteiger partial charge in [-0.1, -0.05) is 12.8 Å². The van der Waals surface area contributed by atoms with E-state index in [-0.39, 0.29) is 5.56 Å². The van der Waals surface area contributed by atoms with Gasteiger partial charge in [-0.25, -0.2) is 4.98 Å². The van der Waals surface area contributed by atoms with Crippen molar-refractivity contribution in [2.45, 2.75) is 38.3 Å². The highest BCUT2D eigenvalue weighted by atomic mass is 16.1. The van der Waals surface area contributed by atoms with E-state index in [1.54, 1.807) is 11.1 Å². The second kappa shape index (κ2) is 7.59. The summed E-state index contributed by atoms with van der Waals surface area (Å²) >= 11 is 0. The highest BCUT2D eigenvalue weighted by molar-refractivity contribution is 5.81. The Bertz CT molecular complexity index is 1060. The second-order valence-electron chi connectivity index (χ2n) is 8.19. The molecule has 1 aromatic carbocycles. The molecule has 8 heteroatoms. The summed E-state index contributed by atoms with van der Waals surface area (Å²) in [7, 11) is 1.84. The van der Waals surface area contributed by atoms with E-state index in [4.69, 9.17) is 0 Å². The monoisotopic (exact) mass is 393 g/mol. The van der Waals surface area contributed by atoms with Crippen LogP contribution in [-0.2, 0) is 13.6 Å². The van der Waals surface area contributed by atoms with Crippen LogP contribution in [0.1, 0.15) is 37.4 Å². The maximum absolute atomic E-state index is 12.9. The minimum atomic E-state index is 0.0993. The van der Waals surface area contributed by atoms with Gasteiger partial charge in [0.05, 0.1) is 29.1 Å². The molecule has 0 unspecified atom stereocenters. The van der Waals surface area contributed by atoms with E-state index in [0.717, 1.165) is 67.8 Å². The smallest absolute Gasteiger partial charge is 0.261 e. The first-order chi connectivity index (χ1) is 14.2. The molecule has 29 heavy (non-hydrogen) atoms. The first-order valence-corrected chi connectivity index (χ1v) is 10.5. The van der Waals surface area contributed by atoms with Crippen LogP contribution in [0.4, 0.5) is 5.69 Å². The van der Waals surface area contributed by atoms with Crippen LogP contribution in [0.2, 0.25) is 0 Å². The molecule has 3 heterocycles. The molecule has 1 aliphatic carbocycles. The molecule has 2 aliphatic rings. The van der Waals surface area contributed by atoms with E-state index in [2.05, 4.69) is 37.1 Å². The van der Waals surface area contributed by atoms with Crippen molar-refractivity contribution in [2.24, 2.45) is 7.05 Å². The Morgan fingerprint density at radius 1 is 1.10 bits per heavy atom. The molecule has 3 aromatic rings. The number of aromatic nitrogens is 5. The molecule has 2 fully saturated rings. The number of benzene rings is 1. The zero-order valence-electron chi connectivity index (χ0n) is 16.9. The van der Waals surface area contributed by atoms with Crippen molar-refractivity contribution in [3.8, 4) is 0 Å². The van der Waals surface area contributed by atoms with Crippen molar-refractivity contribution >= 4 is 16.6 Å². The Morgan fingerprint density at radius 3 is 2.62 bits per heavy atom. The van der Waals surface area contributed by atoms with Crippen molar-refractivity contribution in [2.75, 3.05) is 31.1 Å². The number of rotatable bonds is 4. The Morgan fingerprint density at radius 2 is 1.90 bits per heavy atom. The van der Waals surface area contributed by atoms with Gasteiger partial charge >= 0.3 is 0 Å². The molecular formula is C21H27N7O. The van der Waals surface area contributed by atoms with Crippen molar-refractivity contribution in [3.05, 3.63) is 46.8 Å². The zero-order chi connectivity index (χ0) is 19.8. The van der Waals surface area contributed by atoms with Crippen LogP contribution in [0.15, 0.2) is 35.5 Å². The molecule has 0 atom stereocenters. The summed E-state index contributed by atoms with van der Waals surface area (Å²) in [5.41, 5.74) is 3.04. The van der Waals surface area contributed by atoms with Gasteiger partial charge in [0.15, 0.2) is 0 Å². The van der Waals surface area contributed by atoms with E-state index in [1.807, 2.05) is 23.9 Å². The summed E-state index contributed by atoms with van der Waals surface area (Å²) in [6, 6.07) is 6.41. The SMILES string of the molecule is Cn1ncc(CN2CCN(c3ccc4c(=O)n(C5CCCC5)cnc4c3)CC2)n1. The maximum atomic E-state index is 12.9. The van der Waals surface area contributed by atoms with Crippen LogP contribution < -0.4 is 10.5 Å². The molecule has 1 saturated heterocycles. The summed E-state index contributed by atoms with van der Waals surface area (Å²) in [4.78, 5) is 23.9. The minimum absolute atomic E-state index is 0.0993. The van der Waals surface area contributed by atoms with E-state index in [0.29, 0.717) is 6.04 Å². The van der Waals surface area contributed by atoms with Gasteiger partial charge in [-0.05, 0) is 31.0 Å². The van der Waals surface area contributed by atoms with Crippen molar-refractivity contribution < 1.29 is 0 Å². The van der Waals surface area contributed by atoms with Gasteiger partial charge in [-0.3, -0.25) is 14.3 Å². The number of piperazine rings is 1. The molecule has 5 rings (SSSR count). The predicted molar refractivity (Wildman–Crippen MR) is 112 cm³/mol. The molecule has 152 valence electrons. The van der Waals surface area contributed by atoms with Gasteiger partial charge in [0, 0.05) is 51.5 Å². The lowest BCUT2D eigenvalue weighted by molar-refractivity contribution is 0.246. The Hall–Kier alpha value is -2.74. The number of aryl methyl sites for hydroxylation is 1. The summed E-state index contributed by atoms with van der Waals surface area (Å²) in [6.07, 6.45) is 8.17. The van der Waals surface area contributed by atoms with E-state index >= 15 is 0 Å². The number of nitrogens with zero attached hydrogens (tertiary/aromatic N) is 7.